The topological polar surface area (TPSA) is 382 Å². The highest BCUT2D eigenvalue weighted by Gasteiger charge is 2.66. The second-order valence-electron chi connectivity index (χ2n) is 22.3. The molecule has 4 unspecified atom stereocenters. The van der Waals surface area contributed by atoms with Crippen LogP contribution in [0.3, 0.4) is 0 Å². The molecule has 9 atom stereocenters. The number of amides is 9. The predicted octanol–water partition coefficient (Wildman–Crippen LogP) is 2.75. The van der Waals surface area contributed by atoms with Crippen LogP contribution < -0.4 is 43.0 Å². The Bertz CT molecular complexity index is 2060. The first kappa shape index (κ1) is 72.8. The van der Waals surface area contributed by atoms with Crippen molar-refractivity contribution in [2.24, 2.45) is 23.5 Å². The largest absolute Gasteiger partial charge is 0.481 e. The zero-order chi connectivity index (χ0) is 61.2. The SMILES string of the molecule is C=CCCCCCCN(C(=O)[C@@H](CO)NC(=O)C(CC(C)C)NC(=O)[C@@H](CO)NC(=O)C(CCCCCCCC)NC(C)=O)C1(C(=O)N[C@H](CC(=O)O)C(=O)NC(CCCCCCCC)C(=O)N[C@H](CC(=O)O)C(N)=O)C[C@H]1C(C)C. The molecule has 0 spiro atoms. The Labute approximate surface area is 478 Å². The first-order valence-corrected chi connectivity index (χ1v) is 29.3. The van der Waals surface area contributed by atoms with Gasteiger partial charge in [0.2, 0.25) is 53.2 Å². The van der Waals surface area contributed by atoms with Crippen LogP contribution in [0.2, 0.25) is 0 Å². The number of allylic oxidation sites excluding steroid dienone is 1. The molecule has 0 bridgehead atoms. The minimum atomic E-state index is -1.85. The lowest BCUT2D eigenvalue weighted by Crippen LogP contribution is -2.63. The Morgan fingerprint density at radius 2 is 0.975 bits per heavy atom. The number of nitrogens with one attached hydrogen (secondary N) is 7. The fourth-order valence-electron chi connectivity index (χ4n) is 9.91. The van der Waals surface area contributed by atoms with Crippen molar-refractivity contribution in [2.75, 3.05) is 19.8 Å². The number of primary amides is 1. The van der Waals surface area contributed by atoms with Gasteiger partial charge in [-0.1, -0.05) is 138 Å². The number of aliphatic hydroxyl groups is 2. The Morgan fingerprint density at radius 3 is 1.44 bits per heavy atom. The van der Waals surface area contributed by atoms with Gasteiger partial charge in [0, 0.05) is 13.5 Å². The number of aliphatic carboxylic acids is 2. The van der Waals surface area contributed by atoms with Crippen LogP contribution in [0.5, 0.6) is 0 Å². The van der Waals surface area contributed by atoms with Gasteiger partial charge in [-0.05, 0) is 62.7 Å². The molecule has 1 saturated carbocycles. The molecule has 1 aliphatic rings. The summed E-state index contributed by atoms with van der Waals surface area (Å²) < 4.78 is 0. The fraction of sp³-hybridized carbons (Fsp3) is 0.772. The van der Waals surface area contributed by atoms with E-state index in [2.05, 4.69) is 50.7 Å². The lowest BCUT2D eigenvalue weighted by Gasteiger charge is -2.36. The molecule has 0 aromatic carbocycles. The zero-order valence-corrected chi connectivity index (χ0v) is 49.2. The summed E-state index contributed by atoms with van der Waals surface area (Å²) >= 11 is 0. The number of carbonyl (C=O) groups excluding carboxylic acids is 9. The van der Waals surface area contributed by atoms with E-state index in [1.807, 2.05) is 6.92 Å². The zero-order valence-electron chi connectivity index (χ0n) is 49.2. The van der Waals surface area contributed by atoms with Gasteiger partial charge in [0.25, 0.3) is 0 Å². The summed E-state index contributed by atoms with van der Waals surface area (Å²) in [6.45, 7) is 14.3. The molecule has 24 heteroatoms. The maximum Gasteiger partial charge on any atom is 0.305 e. The van der Waals surface area contributed by atoms with Crippen molar-refractivity contribution >= 4 is 65.1 Å². The molecule has 9 amide bonds. The van der Waals surface area contributed by atoms with Crippen molar-refractivity contribution in [1.82, 2.24) is 42.1 Å². The van der Waals surface area contributed by atoms with Gasteiger partial charge >= 0.3 is 11.9 Å². The second kappa shape index (κ2) is 39.3. The van der Waals surface area contributed by atoms with Crippen molar-refractivity contribution in [3.63, 3.8) is 0 Å². The first-order chi connectivity index (χ1) is 38.3. The number of hydrogen-bond donors (Lipinski definition) is 12. The van der Waals surface area contributed by atoms with Crippen LogP contribution in [0.15, 0.2) is 12.7 Å². The molecule has 0 saturated heterocycles. The molecule has 462 valence electrons. The maximum atomic E-state index is 15.0. The maximum absolute atomic E-state index is 15.0. The molecule has 1 fully saturated rings. The van der Waals surface area contributed by atoms with Crippen LogP contribution in [0, 0.1) is 17.8 Å². The first-order valence-electron chi connectivity index (χ1n) is 29.3. The van der Waals surface area contributed by atoms with Gasteiger partial charge in [0.15, 0.2) is 0 Å². The number of rotatable bonds is 46. The van der Waals surface area contributed by atoms with Gasteiger partial charge in [-0.3, -0.25) is 52.7 Å². The molecule has 0 aromatic rings. The van der Waals surface area contributed by atoms with E-state index in [1.165, 1.54) is 11.8 Å². The van der Waals surface area contributed by atoms with Crippen LogP contribution >= 0.6 is 0 Å². The van der Waals surface area contributed by atoms with Crippen molar-refractivity contribution in [1.29, 1.82) is 0 Å². The van der Waals surface area contributed by atoms with Crippen molar-refractivity contribution in [2.45, 2.75) is 244 Å². The Balaban J connectivity index is 3.69. The van der Waals surface area contributed by atoms with E-state index in [1.54, 1.807) is 33.8 Å². The monoisotopic (exact) mass is 1150 g/mol. The third-order valence-corrected chi connectivity index (χ3v) is 14.5. The van der Waals surface area contributed by atoms with E-state index in [0.29, 0.717) is 38.5 Å². The summed E-state index contributed by atoms with van der Waals surface area (Å²) in [4.78, 5) is 149. The molecular formula is C57H99N9O15. The third kappa shape index (κ3) is 27.0. The molecule has 13 N–H and O–H groups in total. The Morgan fingerprint density at radius 1 is 0.556 bits per heavy atom. The molecule has 1 rings (SSSR count). The highest BCUT2D eigenvalue weighted by molar-refractivity contribution is 6.01. The van der Waals surface area contributed by atoms with Crippen molar-refractivity contribution < 1.29 is 73.2 Å². The van der Waals surface area contributed by atoms with Gasteiger partial charge in [-0.2, -0.15) is 0 Å². The molecule has 0 aliphatic heterocycles. The van der Waals surface area contributed by atoms with Gasteiger partial charge in [-0.15, -0.1) is 6.58 Å². The van der Waals surface area contributed by atoms with Crippen molar-refractivity contribution in [3.05, 3.63) is 12.7 Å². The van der Waals surface area contributed by atoms with E-state index >= 15 is 9.59 Å². The molecular weight excluding hydrogens is 1050 g/mol. The van der Waals surface area contributed by atoms with Crippen molar-refractivity contribution in [3.8, 4) is 0 Å². The minimum absolute atomic E-state index is 0.0126. The summed E-state index contributed by atoms with van der Waals surface area (Å²) in [7, 11) is 0. The lowest BCUT2D eigenvalue weighted by molar-refractivity contribution is -0.148. The molecule has 24 nitrogen and oxygen atoms in total. The van der Waals surface area contributed by atoms with Crippen LogP contribution in [0.4, 0.5) is 0 Å². The van der Waals surface area contributed by atoms with E-state index in [-0.39, 0.29) is 44.1 Å². The number of aliphatic hydroxyl groups excluding tert-OH is 2. The van der Waals surface area contributed by atoms with E-state index in [0.717, 1.165) is 70.6 Å². The van der Waals surface area contributed by atoms with Gasteiger partial charge < -0.3 is 68.3 Å². The number of nitrogens with two attached hydrogens (primary N) is 1. The standard InChI is InChI=1S/C57H99N9O15/c1-9-12-15-18-21-24-27-40(59-38(8)69)50(75)63-45(34-67)54(79)62-43(30-36(4)5)52(77)64-46(35-68)55(80)66(29-26-23-20-17-14-11-3)57(33-39(57)37(6)7)56(81)65-44(32-48(72)73)53(78)60-41(28-25-22-19-16-13-10-2)51(76)61-42(49(58)74)31-47(70)71/h11,36-37,39-46,67-68H,3,9-10,12-35H2,1-2,4-8H3,(H2,58,74)(H,59,69)(H,60,78)(H,61,76)(H,62,79)(H,63,75)(H,64,77)(H,65,81)(H,70,71)(H,72,73)/t39-,40?,41?,42+,43?,44+,45+,46+,57?/m0/s1. The summed E-state index contributed by atoms with van der Waals surface area (Å²) in [5.41, 5.74) is 3.62. The molecule has 0 aromatic heterocycles. The van der Waals surface area contributed by atoms with Crippen LogP contribution in [-0.4, -0.2) is 158 Å². The number of carboxylic acids is 2. The number of nitrogens with zero attached hydrogens (tertiary/aromatic N) is 1. The highest BCUT2D eigenvalue weighted by atomic mass is 16.4. The number of hydrogen-bond acceptors (Lipinski definition) is 13. The van der Waals surface area contributed by atoms with E-state index < -0.39 is 145 Å². The molecule has 0 heterocycles. The van der Waals surface area contributed by atoms with Crippen LogP contribution in [-0.2, 0) is 52.7 Å². The van der Waals surface area contributed by atoms with E-state index in [4.69, 9.17) is 5.73 Å². The summed E-state index contributed by atoms with van der Waals surface area (Å²) in [5.74, 6) is -12.2. The average Bonchev–Trinajstić information content (AvgIpc) is 4.25. The van der Waals surface area contributed by atoms with E-state index in [9.17, 15) is 63.6 Å². The Kier molecular flexibility index (Phi) is 35.3. The van der Waals surface area contributed by atoms with Gasteiger partial charge in [0.05, 0.1) is 26.1 Å². The molecule has 1 aliphatic carbocycles. The average molecular weight is 1150 g/mol. The lowest BCUT2D eigenvalue weighted by atomic mass is 9.98. The summed E-state index contributed by atoms with van der Waals surface area (Å²) in [5, 5.41) is 58.1. The second-order valence-corrected chi connectivity index (χ2v) is 22.3. The minimum Gasteiger partial charge on any atom is -0.481 e. The molecule has 0 radical (unpaired) electrons. The number of carboxylic acid groups (broad SMARTS) is 2. The van der Waals surface area contributed by atoms with Crippen LogP contribution in [0.25, 0.3) is 0 Å². The van der Waals surface area contributed by atoms with Crippen LogP contribution in [0.1, 0.15) is 196 Å². The highest BCUT2D eigenvalue weighted by Crippen LogP contribution is 2.53. The van der Waals surface area contributed by atoms with Gasteiger partial charge in [0.1, 0.15) is 47.8 Å². The quantitative estimate of drug-likeness (QED) is 0.0308. The number of carbonyl (C=O) groups is 11. The third-order valence-electron chi connectivity index (χ3n) is 14.5. The summed E-state index contributed by atoms with van der Waals surface area (Å²) in [6.07, 6.45) is 13.5. The smallest absolute Gasteiger partial charge is 0.305 e. The molecule has 81 heavy (non-hydrogen) atoms. The summed E-state index contributed by atoms with van der Waals surface area (Å²) in [6, 6.07) is -10.6. The number of unbranched alkanes of at least 4 members (excludes halogenated alkanes) is 14. The predicted molar refractivity (Wildman–Crippen MR) is 303 cm³/mol. The van der Waals surface area contributed by atoms with Gasteiger partial charge in [-0.25, -0.2) is 0 Å². The Hall–Kier alpha value is -6.17. The normalized spacial score (nSPS) is 17.2. The fourth-order valence-corrected chi connectivity index (χ4v) is 9.91.